The molecule has 1 aromatic rings. The second-order valence-corrected chi connectivity index (χ2v) is 8.24. The maximum atomic E-state index is 5.97. The fraction of sp³-hybridized carbons (Fsp3) is 0.778. The summed E-state index contributed by atoms with van der Waals surface area (Å²) >= 11 is 0. The lowest BCUT2D eigenvalue weighted by atomic mass is 9.74. The van der Waals surface area contributed by atoms with Gasteiger partial charge in [0.15, 0.2) is 0 Å². The molecular weight excluding hydrogens is 260 g/mol. The Kier molecular flexibility index (Phi) is 3.20. The van der Waals surface area contributed by atoms with Gasteiger partial charge < -0.3 is 14.6 Å². The maximum absolute atomic E-state index is 5.97. The lowest BCUT2D eigenvalue weighted by Crippen LogP contribution is -2.46. The monoisotopic (exact) mass is 288 g/mol. The Labute approximate surface area is 128 Å². The molecule has 0 spiro atoms. The van der Waals surface area contributed by atoms with E-state index in [1.54, 1.807) is 0 Å². The van der Waals surface area contributed by atoms with Crippen LogP contribution >= 0.6 is 0 Å². The van der Waals surface area contributed by atoms with E-state index in [2.05, 4.69) is 37.1 Å². The third kappa shape index (κ3) is 2.55. The highest BCUT2D eigenvalue weighted by molar-refractivity contribution is 5.29. The zero-order valence-corrected chi connectivity index (χ0v) is 13.6. The molecule has 2 aliphatic heterocycles. The number of nitrogens with one attached hydrogen (secondary N) is 1. The van der Waals surface area contributed by atoms with Crippen molar-refractivity contribution in [3.05, 3.63) is 23.2 Å². The molecule has 0 aromatic carbocycles. The first-order chi connectivity index (χ1) is 10.00. The number of furan rings is 1. The van der Waals surface area contributed by atoms with Crippen LogP contribution in [0.3, 0.4) is 0 Å². The summed E-state index contributed by atoms with van der Waals surface area (Å²) in [5.41, 5.74) is 1.78. The molecule has 4 unspecified atom stereocenters. The molecule has 2 bridgehead atoms. The molecule has 1 N–H and O–H groups in total. The fourth-order valence-electron chi connectivity index (χ4n) is 4.76. The Hall–Kier alpha value is -0.800. The predicted molar refractivity (Wildman–Crippen MR) is 84.4 cm³/mol. The Balaban J connectivity index is 1.56. The van der Waals surface area contributed by atoms with Crippen molar-refractivity contribution in [2.45, 2.75) is 58.5 Å². The van der Waals surface area contributed by atoms with Crippen LogP contribution in [-0.2, 0) is 6.42 Å². The van der Waals surface area contributed by atoms with E-state index >= 15 is 0 Å². The first-order valence-corrected chi connectivity index (χ1v) is 8.58. The van der Waals surface area contributed by atoms with Crippen molar-refractivity contribution in [2.24, 2.45) is 11.3 Å². The summed E-state index contributed by atoms with van der Waals surface area (Å²) in [6.07, 6.45) is 5.00. The van der Waals surface area contributed by atoms with Gasteiger partial charge in [0.05, 0.1) is 0 Å². The molecule has 2 fully saturated rings. The average Bonchev–Trinajstić information content (AvgIpc) is 2.95. The minimum Gasteiger partial charge on any atom is -0.466 e. The van der Waals surface area contributed by atoms with Crippen molar-refractivity contribution in [1.82, 2.24) is 10.2 Å². The predicted octanol–water partition coefficient (Wildman–Crippen LogP) is 3.29. The lowest BCUT2D eigenvalue weighted by molar-refractivity contribution is 0.176. The van der Waals surface area contributed by atoms with Gasteiger partial charge in [-0.15, -0.1) is 0 Å². The van der Waals surface area contributed by atoms with Crippen LogP contribution in [0.25, 0.3) is 0 Å². The highest BCUT2D eigenvalue weighted by atomic mass is 16.3. The van der Waals surface area contributed by atoms with Crippen LogP contribution in [-0.4, -0.2) is 30.6 Å². The summed E-state index contributed by atoms with van der Waals surface area (Å²) in [5, 5.41) is 4.02. The molecule has 0 radical (unpaired) electrons. The standard InChI is InChI=1S/C18H28N2O/c1-12-8-14-16(9-18(2,3)10-17(14)21-12)19-15-5-7-20-6-4-13(15)11-20/h8,13,15-16,19H,4-7,9-11H2,1-3H3. The molecule has 1 aliphatic carbocycles. The van der Waals surface area contributed by atoms with Gasteiger partial charge >= 0.3 is 0 Å². The molecule has 116 valence electrons. The molecule has 21 heavy (non-hydrogen) atoms. The molecule has 3 heterocycles. The van der Waals surface area contributed by atoms with Crippen molar-refractivity contribution in [1.29, 1.82) is 0 Å². The highest BCUT2D eigenvalue weighted by Crippen LogP contribution is 2.43. The van der Waals surface area contributed by atoms with E-state index in [9.17, 15) is 0 Å². The number of hydrogen-bond acceptors (Lipinski definition) is 3. The zero-order valence-electron chi connectivity index (χ0n) is 13.6. The summed E-state index contributed by atoms with van der Waals surface area (Å²) in [5.74, 6) is 3.16. The number of aryl methyl sites for hydroxylation is 1. The van der Waals surface area contributed by atoms with E-state index < -0.39 is 0 Å². The van der Waals surface area contributed by atoms with Crippen LogP contribution in [0.4, 0.5) is 0 Å². The molecule has 1 aromatic heterocycles. The second-order valence-electron chi connectivity index (χ2n) is 8.24. The van der Waals surface area contributed by atoms with Gasteiger partial charge in [0.25, 0.3) is 0 Å². The smallest absolute Gasteiger partial charge is 0.109 e. The van der Waals surface area contributed by atoms with Crippen LogP contribution in [0, 0.1) is 18.3 Å². The molecule has 3 heteroatoms. The van der Waals surface area contributed by atoms with E-state index in [1.807, 2.05) is 0 Å². The average molecular weight is 288 g/mol. The fourth-order valence-corrected chi connectivity index (χ4v) is 4.76. The molecule has 4 rings (SSSR count). The molecule has 4 atom stereocenters. The van der Waals surface area contributed by atoms with Crippen molar-refractivity contribution >= 4 is 0 Å². The van der Waals surface area contributed by atoms with Crippen LogP contribution < -0.4 is 5.32 Å². The van der Waals surface area contributed by atoms with Gasteiger partial charge in [-0.1, -0.05) is 13.8 Å². The summed E-state index contributed by atoms with van der Waals surface area (Å²) in [6, 6.07) is 3.45. The van der Waals surface area contributed by atoms with Crippen molar-refractivity contribution in [2.75, 3.05) is 19.6 Å². The van der Waals surface area contributed by atoms with Gasteiger partial charge in [0, 0.05) is 30.6 Å². The van der Waals surface area contributed by atoms with E-state index in [-0.39, 0.29) is 0 Å². The summed E-state index contributed by atoms with van der Waals surface area (Å²) < 4.78 is 5.97. The summed E-state index contributed by atoms with van der Waals surface area (Å²) in [7, 11) is 0. The lowest BCUT2D eigenvalue weighted by Gasteiger charge is -2.39. The molecule has 0 amide bonds. The van der Waals surface area contributed by atoms with E-state index in [0.29, 0.717) is 17.5 Å². The first-order valence-electron chi connectivity index (χ1n) is 8.58. The normalized spacial score (nSPS) is 37.5. The molecule has 3 aliphatic rings. The second kappa shape index (κ2) is 4.85. The number of nitrogens with zero attached hydrogens (tertiary/aromatic N) is 1. The summed E-state index contributed by atoms with van der Waals surface area (Å²) in [4.78, 5) is 2.63. The topological polar surface area (TPSA) is 28.4 Å². The van der Waals surface area contributed by atoms with Crippen LogP contribution in [0.2, 0.25) is 0 Å². The number of fused-ring (bicyclic) bond motifs is 3. The van der Waals surface area contributed by atoms with Crippen molar-refractivity contribution in [3.63, 3.8) is 0 Å². The number of rotatable bonds is 2. The van der Waals surface area contributed by atoms with Gasteiger partial charge in [-0.2, -0.15) is 0 Å². The number of piperidine rings is 1. The van der Waals surface area contributed by atoms with Gasteiger partial charge in [-0.25, -0.2) is 0 Å². The van der Waals surface area contributed by atoms with Gasteiger partial charge in [-0.05, 0) is 56.7 Å². The van der Waals surface area contributed by atoms with Crippen molar-refractivity contribution < 1.29 is 4.42 Å². The number of hydrogen-bond donors (Lipinski definition) is 1. The first kappa shape index (κ1) is 13.8. The van der Waals surface area contributed by atoms with Crippen LogP contribution in [0.15, 0.2) is 10.5 Å². The third-order valence-electron chi connectivity index (χ3n) is 5.79. The SMILES string of the molecule is Cc1cc2c(o1)CC(C)(C)CC2NC1CCN2CCC1C2. The molecule has 3 nitrogen and oxygen atoms in total. The molecule has 0 saturated carbocycles. The van der Waals surface area contributed by atoms with E-state index in [4.69, 9.17) is 4.42 Å². The van der Waals surface area contributed by atoms with Gasteiger partial charge in [-0.3, -0.25) is 0 Å². The van der Waals surface area contributed by atoms with E-state index in [1.165, 1.54) is 50.2 Å². The highest BCUT2D eigenvalue weighted by Gasteiger charge is 2.39. The zero-order chi connectivity index (χ0) is 14.6. The van der Waals surface area contributed by atoms with Gasteiger partial charge in [0.2, 0.25) is 0 Å². The minimum absolute atomic E-state index is 0.339. The van der Waals surface area contributed by atoms with Crippen molar-refractivity contribution in [3.8, 4) is 0 Å². The maximum Gasteiger partial charge on any atom is 0.109 e. The van der Waals surface area contributed by atoms with E-state index in [0.717, 1.165) is 18.1 Å². The minimum atomic E-state index is 0.339. The Morgan fingerprint density at radius 3 is 2.95 bits per heavy atom. The Morgan fingerprint density at radius 1 is 1.29 bits per heavy atom. The molecular formula is C18H28N2O. The van der Waals surface area contributed by atoms with Gasteiger partial charge in [0.1, 0.15) is 11.5 Å². The van der Waals surface area contributed by atoms with Crippen LogP contribution in [0.1, 0.15) is 56.2 Å². The third-order valence-corrected chi connectivity index (χ3v) is 5.79. The Morgan fingerprint density at radius 2 is 2.10 bits per heavy atom. The molecule has 2 saturated heterocycles. The quantitative estimate of drug-likeness (QED) is 0.905. The largest absolute Gasteiger partial charge is 0.466 e. The Bertz CT molecular complexity index is 533. The van der Waals surface area contributed by atoms with Crippen LogP contribution in [0.5, 0.6) is 0 Å². The summed E-state index contributed by atoms with van der Waals surface area (Å²) in [6.45, 7) is 10.7.